The number of anilines is 3. The molecule has 0 spiro atoms. The van der Waals surface area contributed by atoms with E-state index in [1.54, 1.807) is 6.07 Å². The number of benzene rings is 2. The Balaban J connectivity index is 1.49. The molecular weight excluding hydrogens is 338 g/mol. The molecule has 0 aliphatic carbocycles. The molecule has 0 atom stereocenters. The summed E-state index contributed by atoms with van der Waals surface area (Å²) in [6.45, 7) is 4.73. The quantitative estimate of drug-likeness (QED) is 0.898. The molecule has 27 heavy (non-hydrogen) atoms. The summed E-state index contributed by atoms with van der Waals surface area (Å²) in [5.41, 5.74) is 4.61. The van der Waals surface area contributed by atoms with E-state index in [1.165, 1.54) is 12.8 Å². The highest BCUT2D eigenvalue weighted by atomic mass is 16.2. The van der Waals surface area contributed by atoms with Crippen LogP contribution in [0.3, 0.4) is 0 Å². The van der Waals surface area contributed by atoms with Gasteiger partial charge in [0, 0.05) is 48.7 Å². The lowest BCUT2D eigenvalue weighted by atomic mass is 10.1. The van der Waals surface area contributed by atoms with Gasteiger partial charge in [0.05, 0.1) is 0 Å². The fraction of sp³-hybridized carbons (Fsp3) is 0.364. The van der Waals surface area contributed by atoms with Crippen LogP contribution in [0.25, 0.3) is 0 Å². The average Bonchev–Trinajstić information content (AvgIpc) is 3.37. The smallest absolute Gasteiger partial charge is 0.255 e. The second-order valence-electron chi connectivity index (χ2n) is 7.19. The van der Waals surface area contributed by atoms with Gasteiger partial charge in [-0.25, -0.2) is 0 Å². The van der Waals surface area contributed by atoms with Crippen LogP contribution in [0.5, 0.6) is 0 Å². The van der Waals surface area contributed by atoms with Crippen molar-refractivity contribution in [1.29, 1.82) is 0 Å². The van der Waals surface area contributed by atoms with E-state index in [1.807, 2.05) is 42.2 Å². The molecule has 2 aliphatic rings. The minimum atomic E-state index is -0.114. The van der Waals surface area contributed by atoms with Gasteiger partial charge in [0.2, 0.25) is 5.91 Å². The summed E-state index contributed by atoms with van der Waals surface area (Å²) in [5.74, 6) is 0.0151. The van der Waals surface area contributed by atoms with E-state index in [0.717, 1.165) is 42.1 Å². The van der Waals surface area contributed by atoms with Crippen LogP contribution in [0, 0.1) is 0 Å². The zero-order valence-electron chi connectivity index (χ0n) is 15.7. The number of amides is 2. The Kier molecular flexibility index (Phi) is 4.84. The van der Waals surface area contributed by atoms with Crippen molar-refractivity contribution < 1.29 is 9.59 Å². The number of nitrogens with one attached hydrogen (secondary N) is 1. The molecule has 0 unspecified atom stereocenters. The van der Waals surface area contributed by atoms with E-state index < -0.39 is 0 Å². The summed E-state index contributed by atoms with van der Waals surface area (Å²) >= 11 is 0. The van der Waals surface area contributed by atoms with E-state index in [2.05, 4.69) is 16.3 Å². The van der Waals surface area contributed by atoms with E-state index in [4.69, 9.17) is 0 Å². The summed E-state index contributed by atoms with van der Waals surface area (Å²) in [5, 5.41) is 3.01. The molecule has 2 aliphatic heterocycles. The number of carbonyl (C=O) groups is 2. The molecule has 5 nitrogen and oxygen atoms in total. The predicted molar refractivity (Wildman–Crippen MR) is 109 cm³/mol. The first-order valence-electron chi connectivity index (χ1n) is 9.75. The number of fused-ring (bicyclic) bond motifs is 1. The van der Waals surface area contributed by atoms with Crippen LogP contribution in [-0.4, -0.2) is 31.4 Å². The molecular formula is C22H25N3O2. The molecule has 0 aromatic heterocycles. The Hall–Kier alpha value is -2.82. The van der Waals surface area contributed by atoms with Crippen molar-refractivity contribution in [2.45, 2.75) is 32.6 Å². The van der Waals surface area contributed by atoms with Crippen LogP contribution in [0.1, 0.15) is 42.1 Å². The molecule has 4 rings (SSSR count). The summed E-state index contributed by atoms with van der Waals surface area (Å²) < 4.78 is 0. The van der Waals surface area contributed by atoms with Gasteiger partial charge in [-0.05, 0) is 61.2 Å². The molecule has 2 aromatic rings. The number of hydrogen-bond donors (Lipinski definition) is 1. The van der Waals surface area contributed by atoms with Gasteiger partial charge in [-0.15, -0.1) is 0 Å². The average molecular weight is 363 g/mol. The Morgan fingerprint density at radius 3 is 2.63 bits per heavy atom. The molecule has 0 saturated carbocycles. The van der Waals surface area contributed by atoms with Crippen LogP contribution in [-0.2, 0) is 11.2 Å². The number of rotatable bonds is 4. The van der Waals surface area contributed by atoms with Crippen molar-refractivity contribution >= 4 is 28.9 Å². The van der Waals surface area contributed by atoms with E-state index in [-0.39, 0.29) is 11.8 Å². The maximum Gasteiger partial charge on any atom is 0.255 e. The van der Waals surface area contributed by atoms with Crippen molar-refractivity contribution in [1.82, 2.24) is 0 Å². The lowest BCUT2D eigenvalue weighted by Crippen LogP contribution is -2.27. The van der Waals surface area contributed by atoms with Gasteiger partial charge in [0.25, 0.3) is 5.91 Å². The normalized spacial score (nSPS) is 15.7. The lowest BCUT2D eigenvalue weighted by molar-refractivity contribution is -0.118. The fourth-order valence-corrected chi connectivity index (χ4v) is 3.95. The van der Waals surface area contributed by atoms with Crippen molar-refractivity contribution in [2.24, 2.45) is 0 Å². The third-order valence-electron chi connectivity index (χ3n) is 5.42. The van der Waals surface area contributed by atoms with Gasteiger partial charge in [0.1, 0.15) is 0 Å². The SMILES string of the molecule is CCC(=O)N1CCc2cc(C(=O)Nc3cccc(N4CCCC4)c3)ccc21. The van der Waals surface area contributed by atoms with Gasteiger partial charge >= 0.3 is 0 Å². The topological polar surface area (TPSA) is 52.7 Å². The van der Waals surface area contributed by atoms with Gasteiger partial charge in [-0.1, -0.05) is 13.0 Å². The summed E-state index contributed by atoms with van der Waals surface area (Å²) in [4.78, 5) is 28.9. The Labute approximate surface area is 160 Å². The predicted octanol–water partition coefficient (Wildman–Crippen LogP) is 3.84. The highest BCUT2D eigenvalue weighted by Crippen LogP contribution is 2.30. The van der Waals surface area contributed by atoms with Crippen molar-refractivity contribution in [2.75, 3.05) is 34.8 Å². The lowest BCUT2D eigenvalue weighted by Gasteiger charge is -2.18. The van der Waals surface area contributed by atoms with Crippen molar-refractivity contribution in [3.8, 4) is 0 Å². The summed E-state index contributed by atoms with van der Waals surface area (Å²) in [7, 11) is 0. The highest BCUT2D eigenvalue weighted by Gasteiger charge is 2.24. The van der Waals surface area contributed by atoms with Crippen LogP contribution in [0.4, 0.5) is 17.1 Å². The molecule has 0 bridgehead atoms. The molecule has 1 N–H and O–H groups in total. The summed E-state index contributed by atoms with van der Waals surface area (Å²) in [6.07, 6.45) is 3.74. The second kappa shape index (κ2) is 7.43. The van der Waals surface area contributed by atoms with E-state index >= 15 is 0 Å². The van der Waals surface area contributed by atoms with Crippen LogP contribution < -0.4 is 15.1 Å². The van der Waals surface area contributed by atoms with Gasteiger partial charge < -0.3 is 15.1 Å². The molecule has 0 radical (unpaired) electrons. The first kappa shape index (κ1) is 17.6. The van der Waals surface area contributed by atoms with Gasteiger partial charge in [-0.2, -0.15) is 0 Å². The minimum absolute atomic E-state index is 0.114. The first-order chi connectivity index (χ1) is 13.2. The maximum absolute atomic E-state index is 12.7. The third kappa shape index (κ3) is 3.54. The minimum Gasteiger partial charge on any atom is -0.371 e. The maximum atomic E-state index is 12.7. The molecule has 1 fully saturated rings. The number of carbonyl (C=O) groups excluding carboxylic acids is 2. The van der Waals surface area contributed by atoms with Gasteiger partial charge in [-0.3, -0.25) is 9.59 Å². The molecule has 2 amide bonds. The van der Waals surface area contributed by atoms with Crippen LogP contribution in [0.2, 0.25) is 0 Å². The number of nitrogens with zero attached hydrogens (tertiary/aromatic N) is 2. The molecule has 140 valence electrons. The van der Waals surface area contributed by atoms with E-state index in [0.29, 0.717) is 18.5 Å². The highest BCUT2D eigenvalue weighted by molar-refractivity contribution is 6.05. The summed E-state index contributed by atoms with van der Waals surface area (Å²) in [6, 6.07) is 13.7. The van der Waals surface area contributed by atoms with Crippen LogP contribution >= 0.6 is 0 Å². The molecule has 2 aromatic carbocycles. The zero-order valence-corrected chi connectivity index (χ0v) is 15.7. The second-order valence-corrected chi connectivity index (χ2v) is 7.19. The molecule has 2 heterocycles. The largest absolute Gasteiger partial charge is 0.371 e. The fourth-order valence-electron chi connectivity index (χ4n) is 3.95. The third-order valence-corrected chi connectivity index (χ3v) is 5.42. The monoisotopic (exact) mass is 363 g/mol. The van der Waals surface area contributed by atoms with E-state index in [9.17, 15) is 9.59 Å². The zero-order chi connectivity index (χ0) is 18.8. The Morgan fingerprint density at radius 2 is 1.85 bits per heavy atom. The van der Waals surface area contributed by atoms with Crippen LogP contribution in [0.15, 0.2) is 42.5 Å². The molecule has 1 saturated heterocycles. The Morgan fingerprint density at radius 1 is 1.04 bits per heavy atom. The Bertz CT molecular complexity index is 872. The standard InChI is InChI=1S/C22H25N3O2/c1-2-21(26)25-13-10-16-14-17(8-9-20(16)25)22(27)23-18-6-5-7-19(15-18)24-11-3-4-12-24/h5-9,14-15H,2-4,10-13H2,1H3,(H,23,27). The first-order valence-corrected chi connectivity index (χ1v) is 9.75. The van der Waals surface area contributed by atoms with Crippen molar-refractivity contribution in [3.05, 3.63) is 53.6 Å². The van der Waals surface area contributed by atoms with Gasteiger partial charge in [0.15, 0.2) is 0 Å². The number of hydrogen-bond acceptors (Lipinski definition) is 3. The van der Waals surface area contributed by atoms with Crippen molar-refractivity contribution in [3.63, 3.8) is 0 Å². The molecule has 5 heteroatoms.